The summed E-state index contributed by atoms with van der Waals surface area (Å²) >= 11 is 0. The maximum atomic E-state index is 11.9. The molecule has 104 valence electrons. The van der Waals surface area contributed by atoms with Crippen molar-refractivity contribution >= 4 is 17.3 Å². The SMILES string of the molecule is COC(=O)c1cccc(N)c1N1CC(C)OC(C)C1. The maximum Gasteiger partial charge on any atom is 0.340 e. The fourth-order valence-corrected chi connectivity index (χ4v) is 2.55. The number of carbonyl (C=O) groups excluding carboxylic acids is 1. The molecule has 2 atom stereocenters. The Morgan fingerprint density at radius 1 is 1.37 bits per heavy atom. The highest BCUT2D eigenvalue weighted by molar-refractivity contribution is 5.99. The average Bonchev–Trinajstić information content (AvgIpc) is 2.36. The number of anilines is 2. The van der Waals surface area contributed by atoms with E-state index in [0.717, 1.165) is 5.69 Å². The number of morpholine rings is 1. The van der Waals surface area contributed by atoms with Gasteiger partial charge < -0.3 is 20.1 Å². The topological polar surface area (TPSA) is 64.8 Å². The van der Waals surface area contributed by atoms with Crippen LogP contribution in [0.3, 0.4) is 0 Å². The molecule has 1 heterocycles. The van der Waals surface area contributed by atoms with E-state index in [9.17, 15) is 4.79 Å². The van der Waals surface area contributed by atoms with Gasteiger partial charge in [0, 0.05) is 13.1 Å². The zero-order chi connectivity index (χ0) is 14.0. The van der Waals surface area contributed by atoms with E-state index in [2.05, 4.69) is 4.90 Å². The van der Waals surface area contributed by atoms with Crippen molar-refractivity contribution in [2.75, 3.05) is 30.8 Å². The van der Waals surface area contributed by atoms with E-state index >= 15 is 0 Å². The Bertz CT molecular complexity index is 466. The average molecular weight is 264 g/mol. The monoisotopic (exact) mass is 264 g/mol. The number of nitrogen functional groups attached to an aromatic ring is 1. The summed E-state index contributed by atoms with van der Waals surface area (Å²) in [5, 5.41) is 0. The Hall–Kier alpha value is -1.75. The summed E-state index contributed by atoms with van der Waals surface area (Å²) in [6.45, 7) is 5.45. The Kier molecular flexibility index (Phi) is 3.95. The molecule has 2 rings (SSSR count). The van der Waals surface area contributed by atoms with Gasteiger partial charge in [-0.15, -0.1) is 0 Å². The van der Waals surface area contributed by atoms with Gasteiger partial charge in [-0.1, -0.05) is 6.07 Å². The fraction of sp³-hybridized carbons (Fsp3) is 0.500. The summed E-state index contributed by atoms with van der Waals surface area (Å²) in [6, 6.07) is 5.30. The molecule has 1 fully saturated rings. The third-order valence-corrected chi connectivity index (χ3v) is 3.21. The van der Waals surface area contributed by atoms with E-state index < -0.39 is 0 Å². The molecule has 0 aromatic heterocycles. The molecule has 19 heavy (non-hydrogen) atoms. The Morgan fingerprint density at radius 3 is 2.58 bits per heavy atom. The molecule has 0 bridgehead atoms. The highest BCUT2D eigenvalue weighted by Gasteiger charge is 2.27. The molecule has 0 radical (unpaired) electrons. The number of nitrogens with two attached hydrogens (primary N) is 1. The van der Waals surface area contributed by atoms with Crippen LogP contribution in [0.25, 0.3) is 0 Å². The van der Waals surface area contributed by atoms with Gasteiger partial charge >= 0.3 is 5.97 Å². The molecule has 1 aliphatic heterocycles. The third kappa shape index (κ3) is 2.81. The summed E-state index contributed by atoms with van der Waals surface area (Å²) < 4.78 is 10.5. The summed E-state index contributed by atoms with van der Waals surface area (Å²) in [4.78, 5) is 14.0. The predicted octanol–water partition coefficient (Wildman–Crippen LogP) is 1.67. The Labute approximate surface area is 113 Å². The van der Waals surface area contributed by atoms with Crippen molar-refractivity contribution in [3.05, 3.63) is 23.8 Å². The highest BCUT2D eigenvalue weighted by atomic mass is 16.5. The molecule has 1 aromatic rings. The maximum absolute atomic E-state index is 11.9. The van der Waals surface area contributed by atoms with Crippen LogP contribution in [0.15, 0.2) is 18.2 Å². The molecule has 5 heteroatoms. The van der Waals surface area contributed by atoms with E-state index in [4.69, 9.17) is 15.2 Å². The second-order valence-electron chi connectivity index (χ2n) is 4.90. The molecule has 0 aliphatic carbocycles. The Morgan fingerprint density at radius 2 is 2.00 bits per heavy atom. The standard InChI is InChI=1S/C14H20N2O3/c1-9-7-16(8-10(2)19-9)13-11(14(17)18-3)5-4-6-12(13)15/h4-6,9-10H,7-8,15H2,1-3H3. The molecule has 1 aliphatic rings. The third-order valence-electron chi connectivity index (χ3n) is 3.21. The largest absolute Gasteiger partial charge is 0.465 e. The van der Waals surface area contributed by atoms with Gasteiger partial charge in [-0.3, -0.25) is 0 Å². The second-order valence-corrected chi connectivity index (χ2v) is 4.90. The van der Waals surface area contributed by atoms with E-state index in [-0.39, 0.29) is 18.2 Å². The van der Waals surface area contributed by atoms with Gasteiger partial charge in [0.05, 0.1) is 36.3 Å². The minimum Gasteiger partial charge on any atom is -0.465 e. The van der Waals surface area contributed by atoms with Crippen molar-refractivity contribution in [1.29, 1.82) is 0 Å². The molecule has 1 aromatic carbocycles. The van der Waals surface area contributed by atoms with Crippen LogP contribution < -0.4 is 10.6 Å². The lowest BCUT2D eigenvalue weighted by atomic mass is 10.1. The zero-order valence-electron chi connectivity index (χ0n) is 11.6. The van der Waals surface area contributed by atoms with E-state index in [1.165, 1.54) is 7.11 Å². The molecule has 5 nitrogen and oxygen atoms in total. The van der Waals surface area contributed by atoms with Gasteiger partial charge in [0.2, 0.25) is 0 Å². The first kappa shape index (κ1) is 13.7. The van der Waals surface area contributed by atoms with E-state index in [1.54, 1.807) is 18.2 Å². The zero-order valence-corrected chi connectivity index (χ0v) is 11.6. The lowest BCUT2D eigenvalue weighted by molar-refractivity contribution is -0.00528. The van der Waals surface area contributed by atoms with Gasteiger partial charge in [0.25, 0.3) is 0 Å². The van der Waals surface area contributed by atoms with Crippen molar-refractivity contribution < 1.29 is 14.3 Å². The quantitative estimate of drug-likeness (QED) is 0.650. The molecule has 2 unspecified atom stereocenters. The number of benzene rings is 1. The molecular formula is C14H20N2O3. The van der Waals surface area contributed by atoms with Gasteiger partial charge in [-0.05, 0) is 26.0 Å². The molecule has 1 saturated heterocycles. The normalized spacial score (nSPS) is 23.2. The van der Waals surface area contributed by atoms with Gasteiger partial charge in [0.15, 0.2) is 0 Å². The smallest absolute Gasteiger partial charge is 0.340 e. The van der Waals surface area contributed by atoms with Crippen LogP contribution in [-0.2, 0) is 9.47 Å². The van der Waals surface area contributed by atoms with E-state index in [1.807, 2.05) is 13.8 Å². The molecule has 0 saturated carbocycles. The van der Waals surface area contributed by atoms with Gasteiger partial charge in [-0.25, -0.2) is 4.79 Å². The predicted molar refractivity (Wildman–Crippen MR) is 74.4 cm³/mol. The number of esters is 1. The number of methoxy groups -OCH3 is 1. The number of rotatable bonds is 2. The van der Waals surface area contributed by atoms with Gasteiger partial charge in [0.1, 0.15) is 0 Å². The molecule has 0 spiro atoms. The Balaban J connectivity index is 2.40. The van der Waals surface area contributed by atoms with Crippen molar-refractivity contribution in [2.45, 2.75) is 26.1 Å². The van der Waals surface area contributed by atoms with Crippen molar-refractivity contribution in [3.63, 3.8) is 0 Å². The summed E-state index contributed by atoms with van der Waals surface area (Å²) in [5.74, 6) is -0.367. The van der Waals surface area contributed by atoms with Crippen LogP contribution in [0.1, 0.15) is 24.2 Å². The van der Waals surface area contributed by atoms with Crippen LogP contribution >= 0.6 is 0 Å². The van der Waals surface area contributed by atoms with Crippen LogP contribution in [0, 0.1) is 0 Å². The lowest BCUT2D eigenvalue weighted by Crippen LogP contribution is -2.46. The first-order valence-electron chi connectivity index (χ1n) is 6.40. The van der Waals surface area contributed by atoms with Crippen molar-refractivity contribution in [1.82, 2.24) is 0 Å². The minimum absolute atomic E-state index is 0.105. The van der Waals surface area contributed by atoms with Crippen LogP contribution in [0.5, 0.6) is 0 Å². The number of hydrogen-bond donors (Lipinski definition) is 1. The number of para-hydroxylation sites is 1. The highest BCUT2D eigenvalue weighted by Crippen LogP contribution is 2.30. The molecule has 2 N–H and O–H groups in total. The minimum atomic E-state index is -0.367. The first-order valence-corrected chi connectivity index (χ1v) is 6.40. The second kappa shape index (κ2) is 5.48. The van der Waals surface area contributed by atoms with Crippen LogP contribution in [0.2, 0.25) is 0 Å². The summed E-state index contributed by atoms with van der Waals surface area (Å²) in [5.41, 5.74) is 7.88. The van der Waals surface area contributed by atoms with Crippen LogP contribution in [-0.4, -0.2) is 38.4 Å². The number of nitrogens with zero attached hydrogens (tertiary/aromatic N) is 1. The summed E-state index contributed by atoms with van der Waals surface area (Å²) in [6.07, 6.45) is 0.211. The number of carbonyl (C=O) groups is 1. The molecule has 0 amide bonds. The summed E-state index contributed by atoms with van der Waals surface area (Å²) in [7, 11) is 1.37. The van der Waals surface area contributed by atoms with Gasteiger partial charge in [-0.2, -0.15) is 0 Å². The fourth-order valence-electron chi connectivity index (χ4n) is 2.55. The van der Waals surface area contributed by atoms with E-state index in [0.29, 0.717) is 24.3 Å². The van der Waals surface area contributed by atoms with Crippen LogP contribution in [0.4, 0.5) is 11.4 Å². The number of ether oxygens (including phenoxy) is 2. The number of hydrogen-bond acceptors (Lipinski definition) is 5. The van der Waals surface area contributed by atoms with Crippen molar-refractivity contribution in [2.24, 2.45) is 0 Å². The van der Waals surface area contributed by atoms with Crippen molar-refractivity contribution in [3.8, 4) is 0 Å². The first-order chi connectivity index (χ1) is 9.02. The molecular weight excluding hydrogens is 244 g/mol. The lowest BCUT2D eigenvalue weighted by Gasteiger charge is -2.38.